The van der Waals surface area contributed by atoms with Gasteiger partial charge in [-0.1, -0.05) is 95.3 Å². The van der Waals surface area contributed by atoms with Gasteiger partial charge in [0.15, 0.2) is 5.79 Å². The first-order chi connectivity index (χ1) is 14.6. The molecule has 1 unspecified atom stereocenters. The molecule has 1 heterocycles. The Morgan fingerprint density at radius 3 is 1.81 bits per heavy atom. The number of rotatable bonds is 8. The van der Waals surface area contributed by atoms with Crippen molar-refractivity contribution in [2.45, 2.75) is 76.9 Å². The van der Waals surface area contributed by atoms with Crippen molar-refractivity contribution in [1.82, 2.24) is 0 Å². The summed E-state index contributed by atoms with van der Waals surface area (Å²) in [4.78, 5) is 0. The molecule has 1 saturated heterocycles. The van der Waals surface area contributed by atoms with Gasteiger partial charge in [0.1, 0.15) is 11.7 Å². The lowest BCUT2D eigenvalue weighted by molar-refractivity contribution is -0.196. The molecule has 0 amide bonds. The van der Waals surface area contributed by atoms with E-state index in [-0.39, 0.29) is 11.6 Å². The molecule has 0 spiro atoms. The number of hydrogen-bond acceptors (Lipinski definition) is 4. The molecule has 1 aliphatic heterocycles. The highest BCUT2D eigenvalue weighted by atomic mass is 28.4. The summed E-state index contributed by atoms with van der Waals surface area (Å²) in [6, 6.07) is 21.0. The second kappa shape index (κ2) is 9.16. The molecule has 2 aromatic rings. The summed E-state index contributed by atoms with van der Waals surface area (Å²) >= 11 is 0. The Morgan fingerprint density at radius 1 is 0.935 bits per heavy atom. The summed E-state index contributed by atoms with van der Waals surface area (Å²) in [5, 5.41) is 13.7. The molecule has 0 aromatic heterocycles. The van der Waals surface area contributed by atoms with E-state index in [1.165, 1.54) is 10.4 Å². The van der Waals surface area contributed by atoms with E-state index in [9.17, 15) is 5.11 Å². The molecule has 0 aliphatic carbocycles. The summed E-state index contributed by atoms with van der Waals surface area (Å²) in [7, 11) is -2.72. The van der Waals surface area contributed by atoms with Crippen molar-refractivity contribution >= 4 is 18.7 Å². The number of ether oxygens (including phenoxy) is 2. The smallest absolute Gasteiger partial charge is 0.261 e. The summed E-state index contributed by atoms with van der Waals surface area (Å²) < 4.78 is 19.1. The Morgan fingerprint density at radius 2 is 1.42 bits per heavy atom. The fourth-order valence-electron chi connectivity index (χ4n) is 4.59. The van der Waals surface area contributed by atoms with E-state index in [0.29, 0.717) is 6.61 Å². The maximum atomic E-state index is 11.5. The Labute approximate surface area is 188 Å². The van der Waals surface area contributed by atoms with Crippen molar-refractivity contribution in [3.05, 3.63) is 60.7 Å². The van der Waals surface area contributed by atoms with E-state index >= 15 is 0 Å². The van der Waals surface area contributed by atoms with Gasteiger partial charge in [-0.2, -0.15) is 0 Å². The van der Waals surface area contributed by atoms with E-state index in [1.807, 2.05) is 12.1 Å². The molecule has 1 aliphatic rings. The predicted octanol–water partition coefficient (Wildman–Crippen LogP) is 4.25. The van der Waals surface area contributed by atoms with Crippen molar-refractivity contribution < 1.29 is 19.0 Å². The zero-order chi connectivity index (χ0) is 22.8. The second-order valence-electron chi connectivity index (χ2n) is 9.84. The van der Waals surface area contributed by atoms with Gasteiger partial charge >= 0.3 is 0 Å². The van der Waals surface area contributed by atoms with Crippen LogP contribution in [-0.2, 0) is 13.9 Å². The average Bonchev–Trinajstić information content (AvgIpc) is 3.21. The van der Waals surface area contributed by atoms with Crippen LogP contribution in [-0.4, -0.2) is 44.1 Å². The van der Waals surface area contributed by atoms with Crippen LogP contribution in [0.4, 0.5) is 0 Å². The van der Waals surface area contributed by atoms with Crippen LogP contribution in [0.15, 0.2) is 60.7 Å². The number of aliphatic hydroxyl groups is 1. The van der Waals surface area contributed by atoms with Crippen LogP contribution in [0.3, 0.4) is 0 Å². The molecule has 3 rings (SSSR count). The van der Waals surface area contributed by atoms with Gasteiger partial charge in [0.05, 0.1) is 13.2 Å². The van der Waals surface area contributed by atoms with E-state index in [1.54, 1.807) is 6.92 Å². The number of benzene rings is 2. The quantitative estimate of drug-likeness (QED) is 0.621. The summed E-state index contributed by atoms with van der Waals surface area (Å²) in [5.41, 5.74) is -1.17. The highest BCUT2D eigenvalue weighted by Gasteiger charge is 2.53. The van der Waals surface area contributed by atoms with Crippen LogP contribution < -0.4 is 10.4 Å². The zero-order valence-corrected chi connectivity index (χ0v) is 20.9. The maximum absolute atomic E-state index is 11.5. The van der Waals surface area contributed by atoms with Crippen molar-refractivity contribution in [2.24, 2.45) is 0 Å². The molecule has 0 bridgehead atoms. The molecule has 170 valence electrons. The molecular weight excluding hydrogens is 404 g/mol. The van der Waals surface area contributed by atoms with Gasteiger partial charge in [0, 0.05) is 0 Å². The first-order valence-electron chi connectivity index (χ1n) is 11.4. The lowest BCUT2D eigenvalue weighted by atomic mass is 10.0. The van der Waals surface area contributed by atoms with Crippen LogP contribution in [0, 0.1) is 0 Å². The van der Waals surface area contributed by atoms with Crippen molar-refractivity contribution in [3.63, 3.8) is 0 Å². The standard InChI is InChI=1S/C26H38O4Si/c1-7-26(8-2)28-19-23(30-26)25(6,27)20-29-31(24(3,4)5,21-15-11-9-12-16-21)22-17-13-10-14-18-22/h9-18,23,27H,7-8,19-20H2,1-6H3/t23-,25?/m0/s1. The van der Waals surface area contributed by atoms with Crippen molar-refractivity contribution in [2.75, 3.05) is 13.2 Å². The van der Waals surface area contributed by atoms with Gasteiger partial charge in [0.2, 0.25) is 0 Å². The molecule has 1 fully saturated rings. The van der Waals surface area contributed by atoms with Crippen LogP contribution in [0.5, 0.6) is 0 Å². The van der Waals surface area contributed by atoms with Crippen LogP contribution >= 0.6 is 0 Å². The summed E-state index contributed by atoms with van der Waals surface area (Å²) in [6.07, 6.45) is 1.09. The van der Waals surface area contributed by atoms with Gasteiger partial charge < -0.3 is 19.0 Å². The molecule has 2 atom stereocenters. The Bertz CT molecular complexity index is 786. The van der Waals surface area contributed by atoms with E-state index in [0.717, 1.165) is 12.8 Å². The van der Waals surface area contributed by atoms with Crippen LogP contribution in [0.2, 0.25) is 5.04 Å². The monoisotopic (exact) mass is 442 g/mol. The Hall–Kier alpha value is -1.50. The molecule has 5 heteroatoms. The lowest BCUT2D eigenvalue weighted by Crippen LogP contribution is -2.68. The lowest BCUT2D eigenvalue weighted by Gasteiger charge is -2.45. The number of hydrogen-bond donors (Lipinski definition) is 1. The molecule has 4 nitrogen and oxygen atoms in total. The molecule has 2 aromatic carbocycles. The van der Waals surface area contributed by atoms with Gasteiger partial charge in [-0.3, -0.25) is 0 Å². The first-order valence-corrected chi connectivity index (χ1v) is 13.3. The minimum atomic E-state index is -2.72. The topological polar surface area (TPSA) is 47.9 Å². The van der Waals surface area contributed by atoms with E-state index < -0.39 is 25.8 Å². The zero-order valence-electron chi connectivity index (χ0n) is 19.9. The largest absolute Gasteiger partial charge is 0.404 e. The predicted molar refractivity (Wildman–Crippen MR) is 128 cm³/mol. The molecule has 0 saturated carbocycles. The van der Waals surface area contributed by atoms with Crippen molar-refractivity contribution in [3.8, 4) is 0 Å². The highest BCUT2D eigenvalue weighted by molar-refractivity contribution is 6.99. The van der Waals surface area contributed by atoms with Gasteiger partial charge in [-0.25, -0.2) is 0 Å². The fraction of sp³-hybridized carbons (Fsp3) is 0.538. The fourth-order valence-corrected chi connectivity index (χ4v) is 9.26. The third-order valence-electron chi connectivity index (χ3n) is 6.62. The summed E-state index contributed by atoms with van der Waals surface area (Å²) in [6.45, 7) is 13.2. The highest BCUT2D eigenvalue weighted by Crippen LogP contribution is 2.39. The molecular formula is C26H38O4Si. The third kappa shape index (κ3) is 4.66. The minimum Gasteiger partial charge on any atom is -0.404 e. The van der Waals surface area contributed by atoms with E-state index in [4.69, 9.17) is 13.9 Å². The Balaban J connectivity index is 1.97. The van der Waals surface area contributed by atoms with Gasteiger partial charge in [-0.15, -0.1) is 0 Å². The van der Waals surface area contributed by atoms with E-state index in [2.05, 4.69) is 83.1 Å². The SMILES string of the molecule is CCC1(CC)OC[C@@H](C(C)(O)CO[Si](c2ccccc2)(c2ccccc2)C(C)(C)C)O1. The van der Waals surface area contributed by atoms with Gasteiger partial charge in [-0.05, 0) is 35.2 Å². The van der Waals surface area contributed by atoms with Crippen LogP contribution in [0.1, 0.15) is 54.4 Å². The molecule has 1 N–H and O–H groups in total. The normalized spacial score (nSPS) is 21.1. The van der Waals surface area contributed by atoms with Crippen molar-refractivity contribution in [1.29, 1.82) is 0 Å². The third-order valence-corrected chi connectivity index (χ3v) is 11.6. The van der Waals surface area contributed by atoms with Gasteiger partial charge in [0.25, 0.3) is 8.32 Å². The second-order valence-corrected chi connectivity index (χ2v) is 14.2. The Kier molecular flexibility index (Phi) is 7.14. The van der Waals surface area contributed by atoms with Crippen LogP contribution in [0.25, 0.3) is 0 Å². The molecule has 31 heavy (non-hydrogen) atoms. The summed E-state index contributed by atoms with van der Waals surface area (Å²) in [5.74, 6) is -0.605. The minimum absolute atomic E-state index is 0.143. The average molecular weight is 443 g/mol. The maximum Gasteiger partial charge on any atom is 0.261 e. The first kappa shape index (κ1) is 24.1. The molecule has 0 radical (unpaired) electrons.